The maximum absolute atomic E-state index is 11.5. The van der Waals surface area contributed by atoms with Crippen LogP contribution in [0, 0.1) is 5.92 Å². The van der Waals surface area contributed by atoms with E-state index in [0.717, 1.165) is 42.9 Å². The van der Waals surface area contributed by atoms with Crippen LogP contribution in [-0.2, 0) is 16.6 Å². The summed E-state index contributed by atoms with van der Waals surface area (Å²) in [5.41, 5.74) is 1.13. The monoisotopic (exact) mass is 344 g/mol. The molecule has 1 fully saturated rings. The van der Waals surface area contributed by atoms with E-state index in [2.05, 4.69) is 16.5 Å². The lowest BCUT2D eigenvalue weighted by atomic mass is 9.99. The number of likely N-dealkylation sites (tertiary alicyclic amines) is 1. The standard InChI is InChI=1S/C15H24N2O3S2/c1-4-5-13-8-17(9-14(13)16-22(3,19)20)7-12-6-15(11(2)18)21-10-12/h6,10,13-14,16H,4-5,7-9H2,1-3H3. The van der Waals surface area contributed by atoms with E-state index in [1.807, 2.05) is 11.4 Å². The third kappa shape index (κ3) is 4.87. The van der Waals surface area contributed by atoms with Crippen molar-refractivity contribution < 1.29 is 13.2 Å². The van der Waals surface area contributed by atoms with Crippen LogP contribution >= 0.6 is 11.3 Å². The summed E-state index contributed by atoms with van der Waals surface area (Å²) < 4.78 is 25.8. The summed E-state index contributed by atoms with van der Waals surface area (Å²) in [6.07, 6.45) is 3.29. The molecule has 2 rings (SSSR count). The van der Waals surface area contributed by atoms with E-state index < -0.39 is 10.0 Å². The van der Waals surface area contributed by atoms with Crippen LogP contribution in [-0.4, -0.2) is 44.5 Å². The van der Waals surface area contributed by atoms with Crippen molar-refractivity contribution >= 4 is 27.1 Å². The zero-order valence-corrected chi connectivity index (χ0v) is 15.0. The highest BCUT2D eigenvalue weighted by Gasteiger charge is 2.33. The van der Waals surface area contributed by atoms with Crippen LogP contribution in [0.1, 0.15) is 41.9 Å². The number of sulfonamides is 1. The normalized spacial score (nSPS) is 23.0. The largest absolute Gasteiger partial charge is 0.297 e. The Bertz CT molecular complexity index is 624. The van der Waals surface area contributed by atoms with Gasteiger partial charge in [0, 0.05) is 25.7 Å². The lowest BCUT2D eigenvalue weighted by molar-refractivity contribution is 0.102. The summed E-state index contributed by atoms with van der Waals surface area (Å²) in [6.45, 7) is 6.09. The van der Waals surface area contributed by atoms with Crippen molar-refractivity contribution in [3.05, 3.63) is 21.9 Å². The average molecular weight is 345 g/mol. The van der Waals surface area contributed by atoms with Gasteiger partial charge in [-0.1, -0.05) is 13.3 Å². The van der Waals surface area contributed by atoms with Crippen molar-refractivity contribution in [2.24, 2.45) is 5.92 Å². The van der Waals surface area contributed by atoms with Gasteiger partial charge < -0.3 is 0 Å². The summed E-state index contributed by atoms with van der Waals surface area (Å²) in [4.78, 5) is 14.4. The Hall–Kier alpha value is -0.760. The zero-order valence-electron chi connectivity index (χ0n) is 13.3. The molecule has 0 radical (unpaired) electrons. The Balaban J connectivity index is 2.01. The van der Waals surface area contributed by atoms with Crippen LogP contribution in [0.4, 0.5) is 0 Å². The molecule has 1 aromatic rings. The minimum atomic E-state index is -3.18. The molecule has 1 N–H and O–H groups in total. The molecule has 22 heavy (non-hydrogen) atoms. The summed E-state index contributed by atoms with van der Waals surface area (Å²) >= 11 is 1.48. The Labute approximate surface area is 136 Å². The first-order valence-corrected chi connectivity index (χ1v) is 10.3. The number of nitrogens with one attached hydrogen (secondary N) is 1. The number of hydrogen-bond acceptors (Lipinski definition) is 5. The maximum atomic E-state index is 11.5. The molecule has 1 aliphatic rings. The molecule has 0 aliphatic carbocycles. The lowest BCUT2D eigenvalue weighted by Gasteiger charge is -2.17. The van der Waals surface area contributed by atoms with Crippen molar-refractivity contribution in [1.82, 2.24) is 9.62 Å². The molecule has 0 saturated carbocycles. The number of nitrogens with zero attached hydrogens (tertiary/aromatic N) is 1. The van der Waals surface area contributed by atoms with E-state index in [1.54, 1.807) is 6.92 Å². The van der Waals surface area contributed by atoms with Crippen LogP contribution in [0.5, 0.6) is 0 Å². The fourth-order valence-electron chi connectivity index (χ4n) is 3.06. The van der Waals surface area contributed by atoms with Crippen LogP contribution < -0.4 is 4.72 Å². The van der Waals surface area contributed by atoms with Crippen LogP contribution in [0.3, 0.4) is 0 Å². The Kier molecular flexibility index (Phi) is 5.76. The molecule has 5 nitrogen and oxygen atoms in total. The number of carbonyl (C=O) groups excluding carboxylic acids is 1. The van der Waals surface area contributed by atoms with Crippen LogP contribution in [0.2, 0.25) is 0 Å². The first kappa shape index (κ1) is 17.6. The highest BCUT2D eigenvalue weighted by Crippen LogP contribution is 2.25. The Morgan fingerprint density at radius 3 is 2.73 bits per heavy atom. The second-order valence-corrected chi connectivity index (χ2v) is 8.81. The predicted molar refractivity (Wildman–Crippen MR) is 89.8 cm³/mol. The van der Waals surface area contributed by atoms with Crippen LogP contribution in [0.15, 0.2) is 11.4 Å². The number of thiophene rings is 1. The molecular weight excluding hydrogens is 320 g/mol. The molecule has 7 heteroatoms. The highest BCUT2D eigenvalue weighted by molar-refractivity contribution is 7.88. The fraction of sp³-hybridized carbons (Fsp3) is 0.667. The first-order valence-electron chi connectivity index (χ1n) is 7.56. The maximum Gasteiger partial charge on any atom is 0.209 e. The van der Waals surface area contributed by atoms with Crippen LogP contribution in [0.25, 0.3) is 0 Å². The van der Waals surface area contributed by atoms with Crippen molar-refractivity contribution in [3.63, 3.8) is 0 Å². The van der Waals surface area contributed by atoms with E-state index in [9.17, 15) is 13.2 Å². The zero-order chi connectivity index (χ0) is 16.3. The molecule has 1 aromatic heterocycles. The summed E-state index contributed by atoms with van der Waals surface area (Å²) in [7, 11) is -3.18. The van der Waals surface area contributed by atoms with Crippen molar-refractivity contribution in [1.29, 1.82) is 0 Å². The molecule has 0 amide bonds. The molecule has 0 spiro atoms. The van der Waals surface area contributed by atoms with Gasteiger partial charge in [0.15, 0.2) is 5.78 Å². The van der Waals surface area contributed by atoms with Gasteiger partial charge in [-0.25, -0.2) is 13.1 Å². The quantitative estimate of drug-likeness (QED) is 0.769. The molecule has 1 saturated heterocycles. The molecule has 2 unspecified atom stereocenters. The third-order valence-electron chi connectivity index (χ3n) is 3.95. The number of ketones is 1. The van der Waals surface area contributed by atoms with Gasteiger partial charge >= 0.3 is 0 Å². The molecule has 2 atom stereocenters. The smallest absolute Gasteiger partial charge is 0.209 e. The van der Waals surface area contributed by atoms with Crippen molar-refractivity contribution in [2.45, 2.75) is 39.3 Å². The Morgan fingerprint density at radius 2 is 2.18 bits per heavy atom. The molecule has 2 heterocycles. The molecule has 0 aromatic carbocycles. The minimum absolute atomic E-state index is 0.0131. The number of rotatable bonds is 7. The van der Waals surface area contributed by atoms with Gasteiger partial charge in [-0.05, 0) is 36.3 Å². The van der Waals surface area contributed by atoms with E-state index in [4.69, 9.17) is 0 Å². The first-order chi connectivity index (χ1) is 10.3. The highest BCUT2D eigenvalue weighted by atomic mass is 32.2. The van der Waals surface area contributed by atoms with Gasteiger partial charge in [0.2, 0.25) is 10.0 Å². The van der Waals surface area contributed by atoms with E-state index in [0.29, 0.717) is 5.92 Å². The summed E-state index contributed by atoms with van der Waals surface area (Å²) in [6, 6.07) is 1.93. The van der Waals surface area contributed by atoms with E-state index in [-0.39, 0.29) is 11.8 Å². The summed E-state index contributed by atoms with van der Waals surface area (Å²) in [5, 5.41) is 2.02. The fourth-order valence-corrected chi connectivity index (χ4v) is 4.69. The molecule has 124 valence electrons. The minimum Gasteiger partial charge on any atom is -0.297 e. The van der Waals surface area contributed by atoms with Crippen molar-refractivity contribution in [2.75, 3.05) is 19.3 Å². The average Bonchev–Trinajstić information content (AvgIpc) is 2.97. The SMILES string of the molecule is CCCC1CN(Cc2csc(C(C)=O)c2)CC1NS(C)(=O)=O. The second kappa shape index (κ2) is 7.21. The second-order valence-electron chi connectivity index (χ2n) is 6.11. The number of hydrogen-bond donors (Lipinski definition) is 1. The predicted octanol–water partition coefficient (Wildman–Crippen LogP) is 2.10. The Morgan fingerprint density at radius 1 is 1.45 bits per heavy atom. The van der Waals surface area contributed by atoms with Gasteiger partial charge in [0.05, 0.1) is 11.1 Å². The van der Waals surface area contributed by atoms with Gasteiger partial charge in [0.25, 0.3) is 0 Å². The molecule has 1 aliphatic heterocycles. The van der Waals surface area contributed by atoms with Gasteiger partial charge in [-0.15, -0.1) is 11.3 Å². The molecular formula is C15H24N2O3S2. The lowest BCUT2D eigenvalue weighted by Crippen LogP contribution is -2.39. The van der Waals surface area contributed by atoms with E-state index >= 15 is 0 Å². The van der Waals surface area contributed by atoms with Gasteiger partial charge in [-0.3, -0.25) is 9.69 Å². The van der Waals surface area contributed by atoms with Gasteiger partial charge in [-0.2, -0.15) is 0 Å². The molecule has 0 bridgehead atoms. The van der Waals surface area contributed by atoms with Crippen molar-refractivity contribution in [3.8, 4) is 0 Å². The summed E-state index contributed by atoms with van der Waals surface area (Å²) in [5.74, 6) is 0.448. The number of Topliss-reactive ketones (excluding diaryl/α,β-unsaturated/α-hetero) is 1. The van der Waals surface area contributed by atoms with Gasteiger partial charge in [0.1, 0.15) is 0 Å². The number of carbonyl (C=O) groups is 1. The van der Waals surface area contributed by atoms with E-state index in [1.165, 1.54) is 17.6 Å². The topological polar surface area (TPSA) is 66.5 Å². The third-order valence-corrected chi connectivity index (χ3v) is 5.76.